The van der Waals surface area contributed by atoms with Crippen LogP contribution in [-0.2, 0) is 13.1 Å². The predicted octanol–water partition coefficient (Wildman–Crippen LogP) is 4.39. The van der Waals surface area contributed by atoms with Crippen LogP contribution in [-0.4, -0.2) is 35.9 Å². The second-order valence-electron chi connectivity index (χ2n) is 6.95. The van der Waals surface area contributed by atoms with E-state index in [1.54, 1.807) is 18.7 Å². The molecule has 154 valence electrons. The molecule has 4 aromatic rings. The summed E-state index contributed by atoms with van der Waals surface area (Å²) in [4.78, 5) is 17.0. The van der Waals surface area contributed by atoms with Gasteiger partial charge in [0.25, 0.3) is 0 Å². The molecule has 0 fully saturated rings. The second-order valence-corrected chi connectivity index (χ2v) is 7.89. The number of aryl methyl sites for hydroxylation is 1. The maximum Gasteiger partial charge on any atom is 0.191 e. The third-order valence-electron chi connectivity index (χ3n) is 5.07. The molecule has 0 aliphatic carbocycles. The zero-order valence-corrected chi connectivity index (χ0v) is 18.0. The standard InChI is InChI=1S/C22H23N5O2S/c1-4-26-21(17-7-9-23-10-8-17)24-25-22(26)30-14-20(28)19-12-15(2)27(16(19)3)13-18-6-5-11-29-18/h5-12H,4,13-14H2,1-3H3. The van der Waals surface area contributed by atoms with Gasteiger partial charge in [-0.25, -0.2) is 0 Å². The molecule has 0 N–H and O–H groups in total. The van der Waals surface area contributed by atoms with Gasteiger partial charge < -0.3 is 13.6 Å². The molecule has 30 heavy (non-hydrogen) atoms. The van der Waals surface area contributed by atoms with E-state index in [0.29, 0.717) is 12.3 Å². The van der Waals surface area contributed by atoms with Crippen molar-refractivity contribution in [3.63, 3.8) is 0 Å². The molecule has 0 aliphatic rings. The Hall–Kier alpha value is -3.13. The van der Waals surface area contributed by atoms with Gasteiger partial charge >= 0.3 is 0 Å². The highest BCUT2D eigenvalue weighted by Crippen LogP contribution is 2.25. The molecule has 0 bridgehead atoms. The van der Waals surface area contributed by atoms with Gasteiger partial charge in [-0.3, -0.25) is 9.78 Å². The first kappa shape index (κ1) is 20.2. The van der Waals surface area contributed by atoms with Gasteiger partial charge in [-0.05, 0) is 51.1 Å². The average molecular weight is 422 g/mol. The van der Waals surface area contributed by atoms with Crippen LogP contribution >= 0.6 is 11.8 Å². The molecule has 4 rings (SSSR count). The fourth-order valence-corrected chi connectivity index (χ4v) is 4.37. The van der Waals surface area contributed by atoms with Gasteiger partial charge in [-0.1, -0.05) is 11.8 Å². The van der Waals surface area contributed by atoms with Crippen LogP contribution in [0.15, 0.2) is 58.6 Å². The van der Waals surface area contributed by atoms with Crippen LogP contribution in [0.3, 0.4) is 0 Å². The van der Waals surface area contributed by atoms with E-state index in [1.165, 1.54) is 11.8 Å². The Morgan fingerprint density at radius 1 is 1.13 bits per heavy atom. The van der Waals surface area contributed by atoms with E-state index in [0.717, 1.165) is 45.8 Å². The Morgan fingerprint density at radius 3 is 2.63 bits per heavy atom. The van der Waals surface area contributed by atoms with Crippen LogP contribution < -0.4 is 0 Å². The first-order valence-corrected chi connectivity index (χ1v) is 10.8. The molecule has 0 radical (unpaired) electrons. The lowest BCUT2D eigenvalue weighted by atomic mass is 10.2. The Balaban J connectivity index is 1.50. The zero-order valence-electron chi connectivity index (χ0n) is 17.2. The summed E-state index contributed by atoms with van der Waals surface area (Å²) in [6.07, 6.45) is 5.13. The molecule has 7 nitrogen and oxygen atoms in total. The number of hydrogen-bond donors (Lipinski definition) is 0. The lowest BCUT2D eigenvalue weighted by Crippen LogP contribution is -2.08. The molecular formula is C22H23N5O2S. The van der Waals surface area contributed by atoms with Crippen LogP contribution in [0.2, 0.25) is 0 Å². The fourth-order valence-electron chi connectivity index (χ4n) is 3.49. The summed E-state index contributed by atoms with van der Waals surface area (Å²) in [6, 6.07) is 9.58. The highest BCUT2D eigenvalue weighted by molar-refractivity contribution is 7.99. The van der Waals surface area contributed by atoms with Crippen molar-refractivity contribution in [1.82, 2.24) is 24.3 Å². The number of carbonyl (C=O) groups excluding carboxylic acids is 1. The van der Waals surface area contributed by atoms with Gasteiger partial charge in [-0.2, -0.15) is 0 Å². The lowest BCUT2D eigenvalue weighted by Gasteiger charge is -2.08. The summed E-state index contributed by atoms with van der Waals surface area (Å²) in [5, 5.41) is 9.37. The second kappa shape index (κ2) is 8.71. The summed E-state index contributed by atoms with van der Waals surface area (Å²) in [7, 11) is 0. The predicted molar refractivity (Wildman–Crippen MR) is 116 cm³/mol. The van der Waals surface area contributed by atoms with Gasteiger partial charge in [0.05, 0.1) is 18.6 Å². The van der Waals surface area contributed by atoms with Crippen LogP contribution in [0.25, 0.3) is 11.4 Å². The molecule has 0 atom stereocenters. The highest BCUT2D eigenvalue weighted by atomic mass is 32.2. The molecule has 0 saturated carbocycles. The van der Waals surface area contributed by atoms with Crippen LogP contribution in [0, 0.1) is 13.8 Å². The van der Waals surface area contributed by atoms with E-state index >= 15 is 0 Å². The number of hydrogen-bond acceptors (Lipinski definition) is 6. The molecule has 4 aromatic heterocycles. The van der Waals surface area contributed by atoms with E-state index in [2.05, 4.69) is 19.7 Å². The Morgan fingerprint density at radius 2 is 1.93 bits per heavy atom. The molecule has 8 heteroatoms. The summed E-state index contributed by atoms with van der Waals surface area (Å²) in [5.41, 5.74) is 3.68. The van der Waals surface area contributed by atoms with Crippen molar-refractivity contribution in [3.05, 3.63) is 71.7 Å². The molecule has 4 heterocycles. The molecule has 0 aliphatic heterocycles. The minimum absolute atomic E-state index is 0.0786. The average Bonchev–Trinajstić information content (AvgIpc) is 3.48. The minimum atomic E-state index is 0.0786. The van der Waals surface area contributed by atoms with Gasteiger partial charge in [0.1, 0.15) is 5.76 Å². The molecule has 0 saturated heterocycles. The molecule has 0 unspecified atom stereocenters. The van der Waals surface area contributed by atoms with Crippen molar-refractivity contribution in [2.24, 2.45) is 0 Å². The van der Waals surface area contributed by atoms with Crippen molar-refractivity contribution in [3.8, 4) is 11.4 Å². The van der Waals surface area contributed by atoms with E-state index in [4.69, 9.17) is 4.42 Å². The molecular weight excluding hydrogens is 398 g/mol. The van der Waals surface area contributed by atoms with E-state index in [1.807, 2.05) is 55.7 Å². The van der Waals surface area contributed by atoms with Crippen LogP contribution in [0.4, 0.5) is 0 Å². The number of thioether (sulfide) groups is 1. The molecule has 0 spiro atoms. The van der Waals surface area contributed by atoms with Crippen LogP contribution in [0.5, 0.6) is 0 Å². The Bertz CT molecular complexity index is 1150. The fraction of sp³-hybridized carbons (Fsp3) is 0.273. The number of aromatic nitrogens is 5. The minimum Gasteiger partial charge on any atom is -0.467 e. The van der Waals surface area contributed by atoms with E-state index in [-0.39, 0.29) is 5.78 Å². The smallest absolute Gasteiger partial charge is 0.191 e. The van der Waals surface area contributed by atoms with Gasteiger partial charge in [-0.15, -0.1) is 10.2 Å². The third-order valence-corrected chi connectivity index (χ3v) is 6.04. The van der Waals surface area contributed by atoms with Gasteiger partial charge in [0.15, 0.2) is 16.8 Å². The number of pyridine rings is 1. The lowest BCUT2D eigenvalue weighted by molar-refractivity contribution is 0.102. The maximum absolute atomic E-state index is 13.0. The number of rotatable bonds is 8. The summed E-state index contributed by atoms with van der Waals surface area (Å²) in [6.45, 7) is 7.37. The maximum atomic E-state index is 13.0. The normalized spacial score (nSPS) is 11.2. The topological polar surface area (TPSA) is 78.7 Å². The van der Waals surface area contributed by atoms with Crippen molar-refractivity contribution >= 4 is 17.5 Å². The number of Topliss-reactive ketones (excluding diaryl/α,β-unsaturated/α-hetero) is 1. The Kier molecular flexibility index (Phi) is 5.85. The van der Waals surface area contributed by atoms with Crippen molar-refractivity contribution in [1.29, 1.82) is 0 Å². The number of furan rings is 1. The monoisotopic (exact) mass is 421 g/mol. The van der Waals surface area contributed by atoms with Gasteiger partial charge in [0.2, 0.25) is 0 Å². The van der Waals surface area contributed by atoms with E-state index in [9.17, 15) is 4.79 Å². The number of ketones is 1. The van der Waals surface area contributed by atoms with Crippen molar-refractivity contribution in [2.75, 3.05) is 5.75 Å². The van der Waals surface area contributed by atoms with Crippen molar-refractivity contribution in [2.45, 2.75) is 39.0 Å². The Labute approximate surface area is 179 Å². The van der Waals surface area contributed by atoms with Crippen molar-refractivity contribution < 1.29 is 9.21 Å². The summed E-state index contributed by atoms with van der Waals surface area (Å²) in [5.74, 6) is 2.03. The quantitative estimate of drug-likeness (QED) is 0.310. The molecule has 0 amide bonds. The van der Waals surface area contributed by atoms with Crippen LogP contribution in [0.1, 0.15) is 34.4 Å². The largest absolute Gasteiger partial charge is 0.467 e. The number of carbonyl (C=O) groups is 1. The third kappa shape index (κ3) is 3.95. The van der Waals surface area contributed by atoms with E-state index < -0.39 is 0 Å². The first-order valence-electron chi connectivity index (χ1n) is 9.77. The summed E-state index contributed by atoms with van der Waals surface area (Å²) >= 11 is 1.42. The zero-order chi connectivity index (χ0) is 21.1. The molecule has 0 aromatic carbocycles. The summed E-state index contributed by atoms with van der Waals surface area (Å²) < 4.78 is 9.58. The first-order chi connectivity index (χ1) is 14.6. The van der Waals surface area contributed by atoms with Gasteiger partial charge in [0, 0.05) is 41.5 Å². The SMILES string of the molecule is CCn1c(SCC(=O)c2cc(C)n(Cc3ccco3)c2C)nnc1-c1ccncc1. The number of nitrogens with zero attached hydrogens (tertiary/aromatic N) is 5. The highest BCUT2D eigenvalue weighted by Gasteiger charge is 2.19.